The molecule has 4 amide bonds. The third kappa shape index (κ3) is 5.79. The van der Waals surface area contributed by atoms with Crippen LogP contribution in [0.5, 0.6) is 5.75 Å². The second-order valence-electron chi connectivity index (χ2n) is 9.75. The predicted octanol–water partition coefficient (Wildman–Crippen LogP) is 3.42. The summed E-state index contributed by atoms with van der Waals surface area (Å²) in [6.45, 7) is 4.16. The summed E-state index contributed by atoms with van der Waals surface area (Å²) in [4.78, 5) is 42.1. The Balaban J connectivity index is 1.62. The second-order valence-corrected chi connectivity index (χ2v) is 9.75. The minimum Gasteiger partial charge on any atom is -0.485 e. The zero-order chi connectivity index (χ0) is 25.8. The maximum absolute atomic E-state index is 13.5. The van der Waals surface area contributed by atoms with Crippen LogP contribution in [-0.4, -0.2) is 71.6 Å². The van der Waals surface area contributed by atoms with Crippen molar-refractivity contribution in [3.8, 4) is 5.75 Å². The maximum atomic E-state index is 13.5. The van der Waals surface area contributed by atoms with Crippen LogP contribution in [0.15, 0.2) is 48.5 Å². The number of carbonyl (C=O) groups is 3. The molecule has 0 saturated heterocycles. The van der Waals surface area contributed by atoms with Gasteiger partial charge in [-0.1, -0.05) is 31.2 Å². The SMILES string of the molecule is C[C@@H]1CN([C@H](C)CO)C(=O)c2cccc(NC(=O)C3CC3)c2O[C@@H]1CN(C)C(=O)Nc1ccccc1. The Labute approximate surface area is 211 Å². The quantitative estimate of drug-likeness (QED) is 0.546. The summed E-state index contributed by atoms with van der Waals surface area (Å²) in [5.41, 5.74) is 1.44. The van der Waals surface area contributed by atoms with Gasteiger partial charge >= 0.3 is 6.03 Å². The van der Waals surface area contributed by atoms with E-state index in [1.54, 1.807) is 42.0 Å². The topological polar surface area (TPSA) is 111 Å². The molecule has 0 aromatic heterocycles. The van der Waals surface area contributed by atoms with E-state index in [0.29, 0.717) is 29.2 Å². The first-order valence-corrected chi connectivity index (χ1v) is 12.4. The van der Waals surface area contributed by atoms with Crippen molar-refractivity contribution in [2.75, 3.05) is 37.4 Å². The third-order valence-corrected chi connectivity index (χ3v) is 6.72. The van der Waals surface area contributed by atoms with Gasteiger partial charge in [0, 0.05) is 31.1 Å². The van der Waals surface area contributed by atoms with E-state index < -0.39 is 12.1 Å². The first-order chi connectivity index (χ1) is 17.3. The molecule has 1 aliphatic carbocycles. The third-order valence-electron chi connectivity index (χ3n) is 6.72. The number of amides is 4. The minimum atomic E-state index is -0.476. The van der Waals surface area contributed by atoms with Crippen LogP contribution in [0.1, 0.15) is 37.0 Å². The first kappa shape index (κ1) is 25.5. The van der Waals surface area contributed by atoms with Crippen molar-refractivity contribution >= 4 is 29.2 Å². The number of anilines is 2. The van der Waals surface area contributed by atoms with E-state index in [9.17, 15) is 19.5 Å². The maximum Gasteiger partial charge on any atom is 0.321 e. The number of urea groups is 1. The van der Waals surface area contributed by atoms with Gasteiger partial charge in [-0.15, -0.1) is 0 Å². The highest BCUT2D eigenvalue weighted by Gasteiger charge is 2.36. The Kier molecular flexibility index (Phi) is 7.79. The number of ether oxygens (including phenoxy) is 1. The predicted molar refractivity (Wildman–Crippen MR) is 137 cm³/mol. The molecule has 0 bridgehead atoms. The molecular formula is C27H34N4O5. The molecule has 0 unspecified atom stereocenters. The first-order valence-electron chi connectivity index (χ1n) is 12.4. The number of nitrogens with one attached hydrogen (secondary N) is 2. The van der Waals surface area contributed by atoms with Crippen molar-refractivity contribution in [1.82, 2.24) is 9.80 Å². The molecule has 192 valence electrons. The van der Waals surface area contributed by atoms with Gasteiger partial charge in [-0.2, -0.15) is 0 Å². The smallest absolute Gasteiger partial charge is 0.321 e. The van der Waals surface area contributed by atoms with E-state index in [0.717, 1.165) is 12.8 Å². The van der Waals surface area contributed by atoms with Gasteiger partial charge in [0.2, 0.25) is 5.91 Å². The molecule has 1 fully saturated rings. The normalized spacial score (nSPS) is 20.3. The standard InChI is InChI=1S/C27H34N4O5/c1-17-14-31(18(2)16-32)26(34)21-10-7-11-22(29-25(33)19-12-13-19)24(21)36-23(17)15-30(3)27(35)28-20-8-5-4-6-9-20/h4-11,17-19,23,32H,12-16H2,1-3H3,(H,28,35)(H,29,33)/t17-,18-,23-/m1/s1. The van der Waals surface area contributed by atoms with Crippen LogP contribution >= 0.6 is 0 Å². The van der Waals surface area contributed by atoms with E-state index in [1.165, 1.54) is 0 Å². The Morgan fingerprint density at radius 3 is 2.53 bits per heavy atom. The van der Waals surface area contributed by atoms with Crippen molar-refractivity contribution in [2.24, 2.45) is 11.8 Å². The summed E-state index contributed by atoms with van der Waals surface area (Å²) in [6.07, 6.45) is 1.23. The average molecular weight is 495 g/mol. The number of likely N-dealkylation sites (N-methyl/N-ethyl adjacent to an activating group) is 1. The molecule has 4 rings (SSSR count). The Morgan fingerprint density at radius 1 is 1.14 bits per heavy atom. The number of benzene rings is 2. The van der Waals surface area contributed by atoms with E-state index in [4.69, 9.17) is 4.74 Å². The molecule has 2 aromatic carbocycles. The highest BCUT2D eigenvalue weighted by molar-refractivity contribution is 6.02. The van der Waals surface area contributed by atoms with Gasteiger partial charge in [0.15, 0.2) is 5.75 Å². The summed E-state index contributed by atoms with van der Waals surface area (Å²) in [7, 11) is 1.69. The summed E-state index contributed by atoms with van der Waals surface area (Å²) in [5, 5.41) is 15.6. The van der Waals surface area contributed by atoms with Crippen molar-refractivity contribution in [2.45, 2.75) is 38.8 Å². The monoisotopic (exact) mass is 494 g/mol. The van der Waals surface area contributed by atoms with Gasteiger partial charge in [-0.25, -0.2) is 4.79 Å². The van der Waals surface area contributed by atoms with Gasteiger partial charge in [0.05, 0.1) is 30.4 Å². The van der Waals surface area contributed by atoms with Crippen LogP contribution in [0.4, 0.5) is 16.2 Å². The number of aliphatic hydroxyl groups excluding tert-OH is 1. The van der Waals surface area contributed by atoms with Crippen LogP contribution in [0.3, 0.4) is 0 Å². The van der Waals surface area contributed by atoms with Gasteiger partial charge in [0.1, 0.15) is 6.10 Å². The highest BCUT2D eigenvalue weighted by atomic mass is 16.5. The molecule has 2 aliphatic rings. The highest BCUT2D eigenvalue weighted by Crippen LogP contribution is 2.37. The van der Waals surface area contributed by atoms with E-state index in [1.807, 2.05) is 37.3 Å². The molecule has 9 heteroatoms. The molecule has 1 saturated carbocycles. The lowest BCUT2D eigenvalue weighted by Crippen LogP contribution is -2.50. The second kappa shape index (κ2) is 11.0. The molecule has 0 radical (unpaired) electrons. The van der Waals surface area contributed by atoms with Gasteiger partial charge in [0.25, 0.3) is 5.91 Å². The lowest BCUT2D eigenvalue weighted by atomic mass is 9.99. The molecular weight excluding hydrogens is 460 g/mol. The number of aliphatic hydroxyl groups is 1. The number of para-hydroxylation sites is 2. The van der Waals surface area contributed by atoms with Gasteiger partial charge < -0.3 is 30.3 Å². The molecule has 2 aromatic rings. The number of hydrogen-bond acceptors (Lipinski definition) is 5. The Bertz CT molecular complexity index is 1100. The van der Waals surface area contributed by atoms with Crippen LogP contribution in [-0.2, 0) is 4.79 Å². The number of nitrogens with zero attached hydrogens (tertiary/aromatic N) is 2. The number of fused-ring (bicyclic) bond motifs is 1. The fourth-order valence-corrected chi connectivity index (χ4v) is 4.23. The number of rotatable bonds is 7. The van der Waals surface area contributed by atoms with Crippen molar-refractivity contribution in [1.29, 1.82) is 0 Å². The Hall–Kier alpha value is -3.59. The van der Waals surface area contributed by atoms with E-state index in [2.05, 4.69) is 10.6 Å². The van der Waals surface area contributed by atoms with Crippen molar-refractivity contribution in [3.63, 3.8) is 0 Å². The van der Waals surface area contributed by atoms with Gasteiger partial charge in [-0.3, -0.25) is 9.59 Å². The minimum absolute atomic E-state index is 0.0152. The van der Waals surface area contributed by atoms with Crippen LogP contribution < -0.4 is 15.4 Å². The van der Waals surface area contributed by atoms with E-state index >= 15 is 0 Å². The van der Waals surface area contributed by atoms with Gasteiger partial charge in [-0.05, 0) is 44.0 Å². The molecule has 1 heterocycles. The number of hydrogen-bond donors (Lipinski definition) is 3. The lowest BCUT2D eigenvalue weighted by Gasteiger charge is -2.38. The summed E-state index contributed by atoms with van der Waals surface area (Å²) < 4.78 is 6.44. The summed E-state index contributed by atoms with van der Waals surface area (Å²) in [5.74, 6) is -0.255. The zero-order valence-electron chi connectivity index (χ0n) is 20.9. The molecule has 3 atom stereocenters. The fraction of sp³-hybridized carbons (Fsp3) is 0.444. The van der Waals surface area contributed by atoms with Crippen LogP contribution in [0, 0.1) is 11.8 Å². The zero-order valence-corrected chi connectivity index (χ0v) is 20.9. The Morgan fingerprint density at radius 2 is 1.86 bits per heavy atom. The average Bonchev–Trinajstić information content (AvgIpc) is 3.72. The van der Waals surface area contributed by atoms with Crippen molar-refractivity contribution < 1.29 is 24.2 Å². The molecule has 0 spiro atoms. The lowest BCUT2D eigenvalue weighted by molar-refractivity contribution is -0.117. The summed E-state index contributed by atoms with van der Waals surface area (Å²) >= 11 is 0. The number of carbonyl (C=O) groups excluding carboxylic acids is 3. The fourth-order valence-electron chi connectivity index (χ4n) is 4.23. The summed E-state index contributed by atoms with van der Waals surface area (Å²) in [6, 6.07) is 13.6. The largest absolute Gasteiger partial charge is 0.485 e. The molecule has 3 N–H and O–H groups in total. The molecule has 9 nitrogen and oxygen atoms in total. The van der Waals surface area contributed by atoms with E-state index in [-0.39, 0.29) is 42.8 Å². The van der Waals surface area contributed by atoms with Crippen molar-refractivity contribution in [3.05, 3.63) is 54.1 Å². The molecule has 36 heavy (non-hydrogen) atoms. The van der Waals surface area contributed by atoms with Crippen LogP contribution in [0.2, 0.25) is 0 Å². The van der Waals surface area contributed by atoms with Crippen LogP contribution in [0.25, 0.3) is 0 Å². The molecule has 1 aliphatic heterocycles.